The Morgan fingerprint density at radius 1 is 1.33 bits per heavy atom. The number of hydrogen-bond donors (Lipinski definition) is 1. The fourth-order valence-electron chi connectivity index (χ4n) is 3.14. The predicted molar refractivity (Wildman–Crippen MR) is 98.4 cm³/mol. The van der Waals surface area contributed by atoms with E-state index in [0.29, 0.717) is 0 Å². The Morgan fingerprint density at radius 3 is 2.75 bits per heavy atom. The number of nitrogens with zero attached hydrogens (tertiary/aromatic N) is 2. The van der Waals surface area contributed by atoms with E-state index in [9.17, 15) is 4.79 Å². The second-order valence-corrected chi connectivity index (χ2v) is 7.37. The Labute approximate surface area is 147 Å². The maximum Gasteiger partial charge on any atom is 0.251 e. The lowest BCUT2D eigenvalue weighted by molar-refractivity contribution is 0.0908. The Balaban J connectivity index is 1.48. The Bertz CT molecular complexity index is 689. The first-order valence-electron chi connectivity index (χ1n) is 8.68. The molecule has 0 saturated carbocycles. The van der Waals surface area contributed by atoms with E-state index in [-0.39, 0.29) is 11.9 Å². The van der Waals surface area contributed by atoms with Crippen molar-refractivity contribution in [2.24, 2.45) is 0 Å². The Morgan fingerprint density at radius 2 is 2.08 bits per heavy atom. The summed E-state index contributed by atoms with van der Waals surface area (Å²) in [5.74, 6) is 0.0543. The molecule has 0 atom stereocenters. The zero-order valence-corrected chi connectivity index (χ0v) is 15.2. The molecule has 1 aliphatic heterocycles. The van der Waals surface area contributed by atoms with E-state index in [4.69, 9.17) is 0 Å². The lowest BCUT2D eigenvalue weighted by Gasteiger charge is -2.32. The standard InChI is InChI=1S/C19H25N3OS/c1-3-18-20-16(13-24-18)12-22-10-8-15(9-11-22)21-19(23)17-7-5-4-6-14(17)2/h4-7,13,15H,3,8-12H2,1-2H3,(H,21,23). The number of piperidine rings is 1. The van der Waals surface area contributed by atoms with E-state index in [0.717, 1.165) is 50.0 Å². The molecule has 0 unspecified atom stereocenters. The first kappa shape index (κ1) is 17.1. The van der Waals surface area contributed by atoms with Gasteiger partial charge in [0.1, 0.15) is 0 Å². The van der Waals surface area contributed by atoms with Gasteiger partial charge in [0, 0.05) is 36.6 Å². The quantitative estimate of drug-likeness (QED) is 0.905. The van der Waals surface area contributed by atoms with Crippen LogP contribution in [-0.2, 0) is 13.0 Å². The topological polar surface area (TPSA) is 45.2 Å². The molecule has 5 heteroatoms. The first-order chi connectivity index (χ1) is 11.7. The van der Waals surface area contributed by atoms with Gasteiger partial charge in [-0.2, -0.15) is 0 Å². The summed E-state index contributed by atoms with van der Waals surface area (Å²) in [4.78, 5) is 19.5. The molecule has 1 N–H and O–H groups in total. The van der Waals surface area contributed by atoms with Crippen LogP contribution in [0.1, 0.15) is 46.4 Å². The van der Waals surface area contributed by atoms with Crippen molar-refractivity contribution in [2.45, 2.75) is 45.7 Å². The second kappa shape index (κ2) is 7.90. The van der Waals surface area contributed by atoms with Gasteiger partial charge in [0.25, 0.3) is 5.91 Å². The number of aromatic nitrogens is 1. The van der Waals surface area contributed by atoms with Crippen molar-refractivity contribution >= 4 is 17.2 Å². The maximum absolute atomic E-state index is 12.4. The fraction of sp³-hybridized carbons (Fsp3) is 0.474. The third kappa shape index (κ3) is 4.22. The van der Waals surface area contributed by atoms with Gasteiger partial charge >= 0.3 is 0 Å². The highest BCUT2D eigenvalue weighted by atomic mass is 32.1. The molecule has 1 amide bonds. The number of thiazole rings is 1. The highest BCUT2D eigenvalue weighted by molar-refractivity contribution is 7.09. The Kier molecular flexibility index (Phi) is 5.63. The van der Waals surface area contributed by atoms with Gasteiger partial charge in [0.15, 0.2) is 0 Å². The number of hydrogen-bond acceptors (Lipinski definition) is 4. The molecular weight excluding hydrogens is 318 g/mol. The van der Waals surface area contributed by atoms with E-state index in [1.807, 2.05) is 31.2 Å². The van der Waals surface area contributed by atoms with Crippen LogP contribution < -0.4 is 5.32 Å². The van der Waals surface area contributed by atoms with Gasteiger partial charge in [-0.25, -0.2) is 4.98 Å². The summed E-state index contributed by atoms with van der Waals surface area (Å²) < 4.78 is 0. The molecule has 1 aliphatic rings. The minimum Gasteiger partial charge on any atom is -0.349 e. The van der Waals surface area contributed by atoms with Crippen molar-refractivity contribution in [1.82, 2.24) is 15.2 Å². The van der Waals surface area contributed by atoms with Gasteiger partial charge in [-0.3, -0.25) is 9.69 Å². The number of likely N-dealkylation sites (tertiary alicyclic amines) is 1. The predicted octanol–water partition coefficient (Wildman–Crippen LogP) is 3.41. The van der Waals surface area contributed by atoms with Crippen LogP contribution in [-0.4, -0.2) is 34.9 Å². The van der Waals surface area contributed by atoms with Crippen LogP contribution >= 0.6 is 11.3 Å². The molecular formula is C19H25N3OS. The summed E-state index contributed by atoms with van der Waals surface area (Å²) >= 11 is 1.75. The monoisotopic (exact) mass is 343 g/mol. The SMILES string of the molecule is CCc1nc(CN2CCC(NC(=O)c3ccccc3C)CC2)cs1. The molecule has 24 heavy (non-hydrogen) atoms. The Hall–Kier alpha value is -1.72. The van der Waals surface area contributed by atoms with Crippen molar-refractivity contribution in [3.8, 4) is 0 Å². The number of benzene rings is 1. The van der Waals surface area contributed by atoms with Crippen molar-refractivity contribution in [2.75, 3.05) is 13.1 Å². The first-order valence-corrected chi connectivity index (χ1v) is 9.55. The van der Waals surface area contributed by atoms with Crippen LogP contribution in [0, 0.1) is 6.92 Å². The minimum atomic E-state index is 0.0543. The van der Waals surface area contributed by atoms with Crippen LogP contribution in [0.4, 0.5) is 0 Å². The fourth-order valence-corrected chi connectivity index (χ4v) is 3.88. The highest BCUT2D eigenvalue weighted by Gasteiger charge is 2.22. The molecule has 2 heterocycles. The molecule has 128 valence electrons. The molecule has 1 aromatic heterocycles. The molecule has 0 aliphatic carbocycles. The number of carbonyl (C=O) groups excluding carboxylic acids is 1. The molecule has 1 fully saturated rings. The minimum absolute atomic E-state index is 0.0543. The zero-order chi connectivity index (χ0) is 16.9. The second-order valence-electron chi connectivity index (χ2n) is 6.42. The van der Waals surface area contributed by atoms with Crippen LogP contribution in [0.15, 0.2) is 29.6 Å². The number of rotatable bonds is 5. The average molecular weight is 343 g/mol. The van der Waals surface area contributed by atoms with E-state index in [1.54, 1.807) is 11.3 Å². The van der Waals surface area contributed by atoms with Crippen molar-refractivity contribution in [3.05, 3.63) is 51.5 Å². The molecule has 0 radical (unpaired) electrons. The molecule has 3 rings (SSSR count). The van der Waals surface area contributed by atoms with Crippen LogP contribution in [0.25, 0.3) is 0 Å². The van der Waals surface area contributed by atoms with E-state index < -0.39 is 0 Å². The zero-order valence-electron chi connectivity index (χ0n) is 14.4. The van der Waals surface area contributed by atoms with E-state index in [1.165, 1.54) is 10.7 Å². The van der Waals surface area contributed by atoms with Gasteiger partial charge < -0.3 is 5.32 Å². The number of amides is 1. The highest BCUT2D eigenvalue weighted by Crippen LogP contribution is 2.17. The van der Waals surface area contributed by atoms with E-state index >= 15 is 0 Å². The number of carbonyl (C=O) groups is 1. The van der Waals surface area contributed by atoms with Crippen molar-refractivity contribution in [1.29, 1.82) is 0 Å². The third-order valence-corrected chi connectivity index (χ3v) is 5.64. The lowest BCUT2D eigenvalue weighted by atomic mass is 10.0. The van der Waals surface area contributed by atoms with Crippen LogP contribution in [0.3, 0.4) is 0 Å². The maximum atomic E-state index is 12.4. The summed E-state index contributed by atoms with van der Waals surface area (Å²) in [6.45, 7) is 7.07. The van der Waals surface area contributed by atoms with Crippen LogP contribution in [0.2, 0.25) is 0 Å². The van der Waals surface area contributed by atoms with Gasteiger partial charge in [0.2, 0.25) is 0 Å². The molecule has 2 aromatic rings. The molecule has 1 saturated heterocycles. The van der Waals surface area contributed by atoms with Crippen molar-refractivity contribution in [3.63, 3.8) is 0 Å². The normalized spacial score (nSPS) is 16.2. The van der Waals surface area contributed by atoms with E-state index in [2.05, 4.69) is 27.5 Å². The molecule has 4 nitrogen and oxygen atoms in total. The number of aryl methyl sites for hydroxylation is 2. The van der Waals surface area contributed by atoms with Crippen molar-refractivity contribution < 1.29 is 4.79 Å². The molecule has 1 aromatic carbocycles. The molecule has 0 bridgehead atoms. The summed E-state index contributed by atoms with van der Waals surface area (Å²) in [5, 5.41) is 6.58. The average Bonchev–Trinajstić information content (AvgIpc) is 3.04. The summed E-state index contributed by atoms with van der Waals surface area (Å²) in [6, 6.07) is 8.04. The van der Waals surface area contributed by atoms with Gasteiger partial charge in [-0.15, -0.1) is 11.3 Å². The smallest absolute Gasteiger partial charge is 0.251 e. The van der Waals surface area contributed by atoms with Gasteiger partial charge in [0.05, 0.1) is 10.7 Å². The van der Waals surface area contributed by atoms with Gasteiger partial charge in [-0.1, -0.05) is 25.1 Å². The van der Waals surface area contributed by atoms with Crippen LogP contribution in [0.5, 0.6) is 0 Å². The molecule has 0 spiro atoms. The summed E-state index contributed by atoms with van der Waals surface area (Å²) in [7, 11) is 0. The number of nitrogens with one attached hydrogen (secondary N) is 1. The largest absolute Gasteiger partial charge is 0.349 e. The summed E-state index contributed by atoms with van der Waals surface area (Å²) in [5.41, 5.74) is 3.00. The third-order valence-electron chi connectivity index (χ3n) is 4.60. The van der Waals surface area contributed by atoms with Gasteiger partial charge in [-0.05, 0) is 37.8 Å². The summed E-state index contributed by atoms with van der Waals surface area (Å²) in [6.07, 6.45) is 3.02. The lowest BCUT2D eigenvalue weighted by Crippen LogP contribution is -2.44.